The van der Waals surface area contributed by atoms with Gasteiger partial charge in [-0.1, -0.05) is 0 Å². The maximum absolute atomic E-state index is 10.4. The smallest absolute Gasteiger partial charge is 0.382 e. The first-order chi connectivity index (χ1) is 6.20. The van der Waals surface area contributed by atoms with Gasteiger partial charge in [0.15, 0.2) is 0 Å². The maximum Gasteiger partial charge on any atom is 0.382 e. The van der Waals surface area contributed by atoms with Gasteiger partial charge in [-0.25, -0.2) is 9.59 Å². The number of hydrogen-bond donors (Lipinski definition) is 0. The molecule has 0 aromatic rings. The summed E-state index contributed by atoms with van der Waals surface area (Å²) in [6.07, 6.45) is 0.423. The van der Waals surface area contributed by atoms with Crippen molar-refractivity contribution in [2.24, 2.45) is 0 Å². The zero-order valence-electron chi connectivity index (χ0n) is 6.33. The maximum atomic E-state index is 10.4. The number of ether oxygens (including phenoxy) is 2. The van der Waals surface area contributed by atoms with Crippen molar-refractivity contribution in [3.8, 4) is 0 Å². The second-order valence-corrected chi connectivity index (χ2v) is 3.61. The van der Waals surface area contributed by atoms with Gasteiger partial charge >= 0.3 is 10.6 Å². The number of hydrogen-bond acceptors (Lipinski definition) is 6. The highest BCUT2D eigenvalue weighted by Gasteiger charge is 2.02. The molecule has 0 aliphatic carbocycles. The molecule has 4 nitrogen and oxygen atoms in total. The van der Waals surface area contributed by atoms with Crippen molar-refractivity contribution in [2.75, 3.05) is 13.2 Å². The Labute approximate surface area is 92.6 Å². The van der Waals surface area contributed by atoms with Crippen LogP contribution in [0.2, 0.25) is 0 Å². The van der Waals surface area contributed by atoms with Gasteiger partial charge in [0.05, 0.1) is 35.2 Å². The highest BCUT2D eigenvalue weighted by atomic mass is 35.7. The molecule has 13 heavy (non-hydrogen) atoms. The minimum absolute atomic E-state index is 0.165. The van der Waals surface area contributed by atoms with E-state index in [-0.39, 0.29) is 13.2 Å². The van der Waals surface area contributed by atoms with E-state index in [1.54, 1.807) is 0 Å². The summed E-state index contributed by atoms with van der Waals surface area (Å²) >= 11 is 0. The zero-order valence-corrected chi connectivity index (χ0v) is 9.47. The Morgan fingerprint density at radius 3 is 1.69 bits per heavy atom. The van der Waals surface area contributed by atoms with Gasteiger partial charge in [-0.15, -0.1) is 0 Å². The quantitative estimate of drug-likeness (QED) is 0.573. The van der Waals surface area contributed by atoms with Crippen LogP contribution in [0.4, 0.5) is 9.59 Å². The number of carbonyl (C=O) groups is 2. The molecular weight excluding hydrogens is 259 g/mol. The molecule has 0 aromatic carbocycles. The molecule has 0 aliphatic heterocycles. The Morgan fingerprint density at radius 1 is 1.00 bits per heavy atom. The molecule has 0 radical (unpaired) electrons. The van der Waals surface area contributed by atoms with Crippen LogP contribution in [0.3, 0.4) is 0 Å². The summed E-state index contributed by atoms with van der Waals surface area (Å²) in [5.74, 6) is 0. The van der Waals surface area contributed by atoms with Crippen molar-refractivity contribution in [3.63, 3.8) is 0 Å². The lowest BCUT2D eigenvalue weighted by atomic mass is 10.5. The Kier molecular flexibility index (Phi) is 8.95. The molecule has 0 aliphatic rings. The number of halogens is 2. The van der Waals surface area contributed by atoms with E-state index < -0.39 is 10.6 Å². The first-order valence-electron chi connectivity index (χ1n) is 3.11. The van der Waals surface area contributed by atoms with E-state index in [0.717, 1.165) is 0 Å². The Morgan fingerprint density at radius 2 is 1.38 bits per heavy atom. The largest absolute Gasteiger partial charge is 0.457 e. The third-order valence-corrected chi connectivity index (χ3v) is 2.10. The fourth-order valence-electron chi connectivity index (χ4n) is 0.414. The van der Waals surface area contributed by atoms with Crippen LogP contribution in [-0.4, -0.2) is 23.8 Å². The lowest BCUT2D eigenvalue weighted by Gasteiger charge is -2.02. The van der Waals surface area contributed by atoms with E-state index in [1.807, 2.05) is 0 Å². The Balaban J connectivity index is 3.17. The zero-order chi connectivity index (χ0) is 10.1. The molecule has 0 rings (SSSR count). The molecule has 0 atom stereocenters. The number of carbonyl (C=O) groups excluding carboxylic acids is 2. The Hall–Kier alpha value is 0.220. The fraction of sp³-hybridized carbons (Fsp3) is 0.600. The van der Waals surface area contributed by atoms with Crippen LogP contribution in [-0.2, 0) is 9.47 Å². The van der Waals surface area contributed by atoms with Crippen LogP contribution in [0.15, 0.2) is 0 Å². The van der Waals surface area contributed by atoms with E-state index in [0.29, 0.717) is 28.4 Å². The minimum Gasteiger partial charge on any atom is -0.457 e. The summed E-state index contributed by atoms with van der Waals surface area (Å²) in [4.78, 5) is 20.9. The topological polar surface area (TPSA) is 52.6 Å². The molecule has 0 unspecified atom stereocenters. The van der Waals surface area contributed by atoms with Gasteiger partial charge < -0.3 is 9.47 Å². The summed E-state index contributed by atoms with van der Waals surface area (Å²) in [5.41, 5.74) is 0. The highest BCUT2D eigenvalue weighted by molar-refractivity contribution is 8.32. The van der Waals surface area contributed by atoms with Gasteiger partial charge in [0.2, 0.25) is 0 Å². The Bertz CT molecular complexity index is 160. The third kappa shape index (κ3) is 8.55. The second-order valence-electron chi connectivity index (χ2n) is 1.70. The van der Waals surface area contributed by atoms with Gasteiger partial charge in [-0.3, -0.25) is 0 Å². The average Bonchev–Trinajstić information content (AvgIpc) is 2.16. The van der Waals surface area contributed by atoms with Crippen LogP contribution < -0.4 is 0 Å². The molecule has 0 spiro atoms. The lowest BCUT2D eigenvalue weighted by molar-refractivity contribution is 0.146. The average molecular weight is 265 g/mol. The van der Waals surface area contributed by atoms with Crippen LogP contribution in [0.5, 0.6) is 0 Å². The van der Waals surface area contributed by atoms with E-state index in [2.05, 4.69) is 9.47 Å². The summed E-state index contributed by atoms with van der Waals surface area (Å²) < 4.78 is 9.14. The second kappa shape index (κ2) is 8.80. The van der Waals surface area contributed by atoms with Gasteiger partial charge in [-0.2, -0.15) is 0 Å². The van der Waals surface area contributed by atoms with Crippen molar-refractivity contribution in [1.29, 1.82) is 0 Å². The van der Waals surface area contributed by atoms with E-state index in [1.165, 1.54) is 0 Å². The first kappa shape index (κ1) is 13.2. The molecule has 0 bridgehead atoms. The van der Waals surface area contributed by atoms with Crippen LogP contribution in [0, 0.1) is 0 Å². The summed E-state index contributed by atoms with van der Waals surface area (Å²) in [5, 5.41) is -1.14. The van der Waals surface area contributed by atoms with Crippen molar-refractivity contribution >= 4 is 53.9 Å². The molecule has 0 saturated carbocycles. The van der Waals surface area contributed by atoms with Crippen molar-refractivity contribution < 1.29 is 19.1 Å². The van der Waals surface area contributed by atoms with Gasteiger partial charge in [-0.05, 0) is 21.4 Å². The molecule has 0 aromatic heterocycles. The van der Waals surface area contributed by atoms with E-state index >= 15 is 0 Å². The van der Waals surface area contributed by atoms with E-state index in [9.17, 15) is 9.59 Å². The van der Waals surface area contributed by atoms with Crippen LogP contribution in [0.1, 0.15) is 6.42 Å². The molecule has 76 valence electrons. The van der Waals surface area contributed by atoms with Crippen LogP contribution in [0.25, 0.3) is 0 Å². The molecule has 0 N–H and O–H groups in total. The molecule has 0 fully saturated rings. The van der Waals surface area contributed by atoms with Gasteiger partial charge in [0.25, 0.3) is 0 Å². The highest BCUT2D eigenvalue weighted by Crippen LogP contribution is 2.11. The van der Waals surface area contributed by atoms with Crippen molar-refractivity contribution in [1.82, 2.24) is 0 Å². The SMILES string of the molecule is O=C(OCCCOC(=O)SCl)SCl. The standard InChI is InChI=1S/C5H6Cl2O4S2/c6-12-4(8)10-2-1-3-11-5(9)13-7/h1-3H2. The predicted molar refractivity (Wildman–Crippen MR) is 54.2 cm³/mol. The molecular formula is C5H6Cl2O4S2. The molecule has 0 amide bonds. The van der Waals surface area contributed by atoms with Gasteiger partial charge in [0.1, 0.15) is 0 Å². The number of rotatable bonds is 4. The van der Waals surface area contributed by atoms with Crippen molar-refractivity contribution in [2.45, 2.75) is 6.42 Å². The fourth-order valence-corrected chi connectivity index (χ4v) is 0.937. The van der Waals surface area contributed by atoms with Crippen molar-refractivity contribution in [3.05, 3.63) is 0 Å². The van der Waals surface area contributed by atoms with E-state index in [4.69, 9.17) is 21.4 Å². The van der Waals surface area contributed by atoms with Crippen LogP contribution >= 0.6 is 43.3 Å². The predicted octanol–water partition coefficient (Wildman–Crippen LogP) is 3.42. The summed E-state index contributed by atoms with van der Waals surface area (Å²) in [6, 6.07) is 0. The van der Waals surface area contributed by atoms with Gasteiger partial charge in [0, 0.05) is 6.42 Å². The normalized spacial score (nSPS) is 9.38. The first-order valence-corrected chi connectivity index (χ1v) is 6.40. The molecule has 0 heterocycles. The lowest BCUT2D eigenvalue weighted by Crippen LogP contribution is -2.04. The third-order valence-electron chi connectivity index (χ3n) is 0.854. The summed E-state index contributed by atoms with van der Waals surface area (Å²) in [7, 11) is 11.1. The summed E-state index contributed by atoms with van der Waals surface area (Å²) in [6.45, 7) is 0.331. The molecule has 0 saturated heterocycles. The monoisotopic (exact) mass is 264 g/mol. The molecule has 8 heteroatoms. The minimum atomic E-state index is -0.570.